The highest BCUT2D eigenvalue weighted by atomic mass is 35.5. The molecule has 2 atom stereocenters. The maximum absolute atomic E-state index is 10.9. The highest BCUT2D eigenvalue weighted by Gasteiger charge is 2.32. The topological polar surface area (TPSA) is 55.8 Å². The van der Waals surface area contributed by atoms with E-state index in [1.165, 1.54) is 0 Å². The highest BCUT2D eigenvalue weighted by Crippen LogP contribution is 2.16. The maximum atomic E-state index is 10.9. The molecular formula is C12H13ClO4. The van der Waals surface area contributed by atoms with Crippen LogP contribution in [-0.2, 0) is 20.9 Å². The van der Waals surface area contributed by atoms with Crippen LogP contribution >= 0.6 is 11.6 Å². The number of esters is 1. The van der Waals surface area contributed by atoms with E-state index < -0.39 is 12.1 Å². The number of carbonyl (C=O) groups is 1. The first kappa shape index (κ1) is 12.4. The highest BCUT2D eigenvalue weighted by molar-refractivity contribution is 6.30. The van der Waals surface area contributed by atoms with Crippen LogP contribution in [-0.4, -0.2) is 29.9 Å². The van der Waals surface area contributed by atoms with Gasteiger partial charge in [-0.2, -0.15) is 0 Å². The smallest absolute Gasteiger partial charge is 0.335 e. The van der Waals surface area contributed by atoms with Gasteiger partial charge < -0.3 is 14.6 Å². The van der Waals surface area contributed by atoms with E-state index in [0.717, 1.165) is 5.56 Å². The molecule has 0 aromatic heterocycles. The van der Waals surface area contributed by atoms with Gasteiger partial charge in [-0.1, -0.05) is 23.7 Å². The molecule has 0 amide bonds. The fraction of sp³-hybridized carbons (Fsp3) is 0.417. The number of hydrogen-bond acceptors (Lipinski definition) is 4. The van der Waals surface area contributed by atoms with Gasteiger partial charge in [0.05, 0.1) is 13.2 Å². The van der Waals surface area contributed by atoms with Gasteiger partial charge in [0.1, 0.15) is 6.10 Å². The summed E-state index contributed by atoms with van der Waals surface area (Å²) in [6, 6.07) is 7.33. The molecule has 1 saturated heterocycles. The molecule has 1 N–H and O–H groups in total. The van der Waals surface area contributed by atoms with Crippen molar-refractivity contribution in [2.24, 2.45) is 0 Å². The SMILES string of the molecule is O=C1OC(COCc2ccc(Cl)cc2)CC1O. The fourth-order valence-electron chi connectivity index (χ4n) is 1.63. The first-order chi connectivity index (χ1) is 8.15. The summed E-state index contributed by atoms with van der Waals surface area (Å²) in [6.45, 7) is 0.729. The number of benzene rings is 1. The number of rotatable bonds is 4. The summed E-state index contributed by atoms with van der Waals surface area (Å²) in [5.41, 5.74) is 0.999. The van der Waals surface area contributed by atoms with E-state index in [1.807, 2.05) is 12.1 Å². The molecule has 0 saturated carbocycles. The van der Waals surface area contributed by atoms with Crippen molar-refractivity contribution < 1.29 is 19.4 Å². The Hall–Kier alpha value is -1.10. The molecule has 17 heavy (non-hydrogen) atoms. The summed E-state index contributed by atoms with van der Waals surface area (Å²) in [5, 5.41) is 9.85. The van der Waals surface area contributed by atoms with Gasteiger partial charge in [0.25, 0.3) is 0 Å². The molecule has 2 unspecified atom stereocenters. The summed E-state index contributed by atoms with van der Waals surface area (Å²) < 4.78 is 10.3. The first-order valence-electron chi connectivity index (χ1n) is 5.36. The van der Waals surface area contributed by atoms with Gasteiger partial charge in [-0.05, 0) is 17.7 Å². The average molecular weight is 257 g/mol. The largest absolute Gasteiger partial charge is 0.458 e. The Morgan fingerprint density at radius 3 is 2.71 bits per heavy atom. The van der Waals surface area contributed by atoms with Crippen LogP contribution in [0.25, 0.3) is 0 Å². The van der Waals surface area contributed by atoms with Crippen molar-refractivity contribution >= 4 is 17.6 Å². The van der Waals surface area contributed by atoms with Crippen molar-refractivity contribution in [1.82, 2.24) is 0 Å². The van der Waals surface area contributed by atoms with Crippen LogP contribution in [0, 0.1) is 0 Å². The molecular weight excluding hydrogens is 244 g/mol. The number of aliphatic hydroxyl groups excluding tert-OH is 1. The van der Waals surface area contributed by atoms with Crippen LogP contribution in [0.3, 0.4) is 0 Å². The van der Waals surface area contributed by atoms with Gasteiger partial charge in [-0.15, -0.1) is 0 Å². The quantitative estimate of drug-likeness (QED) is 0.830. The van der Waals surface area contributed by atoms with E-state index >= 15 is 0 Å². The number of halogens is 1. The Morgan fingerprint density at radius 2 is 2.12 bits per heavy atom. The summed E-state index contributed by atoms with van der Waals surface area (Å²) in [7, 11) is 0. The molecule has 0 bridgehead atoms. The second-order valence-corrected chi connectivity index (χ2v) is 4.39. The predicted octanol–water partition coefficient (Wildman–Crippen LogP) is 1.53. The lowest BCUT2D eigenvalue weighted by Gasteiger charge is -2.09. The van der Waals surface area contributed by atoms with Crippen LogP contribution in [0.15, 0.2) is 24.3 Å². The minimum atomic E-state index is -1.00. The van der Waals surface area contributed by atoms with E-state index in [-0.39, 0.29) is 6.10 Å². The molecule has 1 aliphatic rings. The second kappa shape index (κ2) is 5.49. The molecule has 5 heteroatoms. The maximum Gasteiger partial charge on any atom is 0.335 e. The van der Waals surface area contributed by atoms with Gasteiger partial charge >= 0.3 is 5.97 Å². The second-order valence-electron chi connectivity index (χ2n) is 3.95. The molecule has 1 fully saturated rings. The number of carbonyl (C=O) groups excluding carboxylic acids is 1. The molecule has 1 heterocycles. The molecule has 92 valence electrons. The summed E-state index contributed by atoms with van der Waals surface area (Å²) in [6.07, 6.45) is -1.04. The van der Waals surface area contributed by atoms with E-state index in [4.69, 9.17) is 21.1 Å². The van der Waals surface area contributed by atoms with E-state index in [0.29, 0.717) is 24.7 Å². The molecule has 0 spiro atoms. The number of cyclic esters (lactones) is 1. The van der Waals surface area contributed by atoms with Gasteiger partial charge in [0.2, 0.25) is 0 Å². The van der Waals surface area contributed by atoms with Crippen molar-refractivity contribution in [1.29, 1.82) is 0 Å². The molecule has 1 aliphatic heterocycles. The van der Waals surface area contributed by atoms with Crippen LogP contribution in [0.2, 0.25) is 5.02 Å². The molecule has 1 aromatic carbocycles. The lowest BCUT2D eigenvalue weighted by Crippen LogP contribution is -2.14. The van der Waals surface area contributed by atoms with Gasteiger partial charge in [-0.25, -0.2) is 4.79 Å². The van der Waals surface area contributed by atoms with Gasteiger partial charge in [-0.3, -0.25) is 0 Å². The Morgan fingerprint density at radius 1 is 1.41 bits per heavy atom. The van der Waals surface area contributed by atoms with Crippen molar-refractivity contribution in [3.8, 4) is 0 Å². The Kier molecular flexibility index (Phi) is 3.99. The Labute approximate surface area is 104 Å². The van der Waals surface area contributed by atoms with Crippen LogP contribution in [0.5, 0.6) is 0 Å². The van der Waals surface area contributed by atoms with Crippen molar-refractivity contribution in [2.75, 3.05) is 6.61 Å². The van der Waals surface area contributed by atoms with Crippen molar-refractivity contribution in [3.63, 3.8) is 0 Å². The minimum Gasteiger partial charge on any atom is -0.458 e. The predicted molar refractivity (Wildman–Crippen MR) is 61.6 cm³/mol. The van der Waals surface area contributed by atoms with E-state index in [9.17, 15) is 9.90 Å². The standard InChI is InChI=1S/C12H13ClO4/c13-9-3-1-8(2-4-9)6-16-7-10-5-11(14)12(15)17-10/h1-4,10-11,14H,5-7H2. The minimum absolute atomic E-state index is 0.297. The lowest BCUT2D eigenvalue weighted by molar-refractivity contribution is -0.149. The average Bonchev–Trinajstić information content (AvgIpc) is 2.61. The third kappa shape index (κ3) is 3.43. The van der Waals surface area contributed by atoms with E-state index in [2.05, 4.69) is 0 Å². The first-order valence-corrected chi connectivity index (χ1v) is 5.73. The van der Waals surface area contributed by atoms with Gasteiger partial charge in [0.15, 0.2) is 6.10 Å². The normalized spacial score (nSPS) is 23.8. The lowest BCUT2D eigenvalue weighted by atomic mass is 10.2. The number of hydrogen-bond donors (Lipinski definition) is 1. The fourth-order valence-corrected chi connectivity index (χ4v) is 1.75. The van der Waals surface area contributed by atoms with Crippen LogP contribution in [0.4, 0.5) is 0 Å². The zero-order chi connectivity index (χ0) is 12.3. The molecule has 0 aliphatic carbocycles. The van der Waals surface area contributed by atoms with Gasteiger partial charge in [0, 0.05) is 11.4 Å². The Bertz CT molecular complexity index is 390. The monoisotopic (exact) mass is 256 g/mol. The zero-order valence-corrected chi connectivity index (χ0v) is 9.89. The molecule has 1 aromatic rings. The number of aliphatic hydroxyl groups is 1. The van der Waals surface area contributed by atoms with Crippen molar-refractivity contribution in [2.45, 2.75) is 25.2 Å². The Balaban J connectivity index is 1.73. The van der Waals surface area contributed by atoms with Crippen LogP contribution in [0.1, 0.15) is 12.0 Å². The summed E-state index contributed by atoms with van der Waals surface area (Å²) in [5.74, 6) is -0.565. The third-order valence-corrected chi connectivity index (χ3v) is 2.78. The molecule has 2 rings (SSSR count). The van der Waals surface area contributed by atoms with E-state index in [1.54, 1.807) is 12.1 Å². The van der Waals surface area contributed by atoms with Crippen LogP contribution < -0.4 is 0 Å². The summed E-state index contributed by atoms with van der Waals surface area (Å²) >= 11 is 5.76. The third-order valence-electron chi connectivity index (χ3n) is 2.53. The van der Waals surface area contributed by atoms with Crippen molar-refractivity contribution in [3.05, 3.63) is 34.9 Å². The summed E-state index contributed by atoms with van der Waals surface area (Å²) in [4.78, 5) is 10.9. The molecule has 0 radical (unpaired) electrons. The zero-order valence-electron chi connectivity index (χ0n) is 9.14. The number of ether oxygens (including phenoxy) is 2. The molecule has 4 nitrogen and oxygen atoms in total.